The molecule has 1 amide bonds. The Labute approximate surface area is 134 Å². The van der Waals surface area contributed by atoms with Gasteiger partial charge in [0.05, 0.1) is 12.1 Å². The van der Waals surface area contributed by atoms with Gasteiger partial charge in [-0.15, -0.1) is 0 Å². The fourth-order valence-corrected chi connectivity index (χ4v) is 2.67. The minimum Gasteiger partial charge on any atom is -0.441 e. The van der Waals surface area contributed by atoms with E-state index in [1.807, 2.05) is 37.6 Å². The summed E-state index contributed by atoms with van der Waals surface area (Å²) in [7, 11) is 0. The number of aromatic nitrogens is 1. The molecule has 2 N–H and O–H groups in total. The molecule has 0 bridgehead atoms. The van der Waals surface area contributed by atoms with Gasteiger partial charge < -0.3 is 14.8 Å². The van der Waals surface area contributed by atoms with E-state index in [4.69, 9.17) is 9.52 Å². The summed E-state index contributed by atoms with van der Waals surface area (Å²) in [4.78, 5) is 16.5. The molecule has 0 aliphatic heterocycles. The first-order valence-electron chi connectivity index (χ1n) is 7.28. The summed E-state index contributed by atoms with van der Waals surface area (Å²) < 4.78 is 5.63. The van der Waals surface area contributed by atoms with Crippen molar-refractivity contribution in [2.75, 3.05) is 13.2 Å². The number of hydrogen-bond acceptors (Lipinski definition) is 5. The van der Waals surface area contributed by atoms with Crippen LogP contribution in [0.1, 0.15) is 31.7 Å². The van der Waals surface area contributed by atoms with Crippen LogP contribution in [0.15, 0.2) is 21.2 Å². The number of oxazole rings is 1. The molecular weight excluding hydrogens is 300 g/mol. The van der Waals surface area contributed by atoms with E-state index in [9.17, 15) is 4.79 Å². The second-order valence-electron chi connectivity index (χ2n) is 6.13. The lowest BCUT2D eigenvalue weighted by Gasteiger charge is -2.23. The highest BCUT2D eigenvalue weighted by molar-refractivity contribution is 7.08. The number of aliphatic hydroxyl groups is 1. The van der Waals surface area contributed by atoms with Crippen LogP contribution in [-0.2, 0) is 11.2 Å². The highest BCUT2D eigenvalue weighted by atomic mass is 32.1. The molecule has 2 heterocycles. The average molecular weight is 322 g/mol. The fraction of sp³-hybridized carbons (Fsp3) is 0.500. The maximum atomic E-state index is 12.1. The lowest BCUT2D eigenvalue weighted by atomic mass is 9.90. The summed E-state index contributed by atoms with van der Waals surface area (Å²) in [5.41, 5.74) is 1.48. The van der Waals surface area contributed by atoms with Gasteiger partial charge in [-0.05, 0) is 30.2 Å². The number of nitrogens with one attached hydrogen (secondary N) is 1. The molecule has 0 atom stereocenters. The molecule has 0 spiro atoms. The van der Waals surface area contributed by atoms with Crippen LogP contribution in [-0.4, -0.2) is 29.1 Å². The zero-order valence-electron chi connectivity index (χ0n) is 13.2. The van der Waals surface area contributed by atoms with Crippen LogP contribution >= 0.6 is 11.3 Å². The van der Waals surface area contributed by atoms with Gasteiger partial charge in [0, 0.05) is 24.1 Å². The third-order valence-corrected chi connectivity index (χ3v) is 4.22. The van der Waals surface area contributed by atoms with Crippen LogP contribution in [0.5, 0.6) is 0 Å². The molecule has 0 saturated carbocycles. The lowest BCUT2D eigenvalue weighted by molar-refractivity contribution is -0.121. The molecule has 2 aromatic rings. The van der Waals surface area contributed by atoms with Crippen molar-refractivity contribution < 1.29 is 14.3 Å². The topological polar surface area (TPSA) is 75.4 Å². The van der Waals surface area contributed by atoms with Crippen LogP contribution in [0.2, 0.25) is 0 Å². The van der Waals surface area contributed by atoms with E-state index in [0.29, 0.717) is 30.3 Å². The second kappa shape index (κ2) is 7.07. The van der Waals surface area contributed by atoms with E-state index in [-0.39, 0.29) is 24.3 Å². The number of aliphatic hydroxyl groups excluding tert-OH is 1. The molecular formula is C16H22N2O3S. The zero-order valence-corrected chi connectivity index (χ0v) is 14.0. The Morgan fingerprint density at radius 2 is 2.27 bits per heavy atom. The molecule has 22 heavy (non-hydrogen) atoms. The molecule has 0 aliphatic rings. The SMILES string of the molecule is Cc1oc(-c2ccsc2)nc1CC(=O)NCC(C)(C)CCO. The third-order valence-electron chi connectivity index (χ3n) is 3.54. The van der Waals surface area contributed by atoms with Crippen molar-refractivity contribution in [2.45, 2.75) is 33.6 Å². The largest absolute Gasteiger partial charge is 0.441 e. The zero-order chi connectivity index (χ0) is 16.2. The van der Waals surface area contributed by atoms with E-state index in [1.54, 1.807) is 11.3 Å². The van der Waals surface area contributed by atoms with Crippen molar-refractivity contribution >= 4 is 17.2 Å². The number of amides is 1. The van der Waals surface area contributed by atoms with Gasteiger partial charge in [-0.25, -0.2) is 4.98 Å². The number of rotatable bonds is 7. The van der Waals surface area contributed by atoms with Gasteiger partial charge in [-0.1, -0.05) is 13.8 Å². The first-order chi connectivity index (χ1) is 10.4. The predicted molar refractivity (Wildman–Crippen MR) is 86.8 cm³/mol. The molecule has 6 heteroatoms. The molecule has 5 nitrogen and oxygen atoms in total. The van der Waals surface area contributed by atoms with Crippen molar-refractivity contribution in [3.63, 3.8) is 0 Å². The van der Waals surface area contributed by atoms with Gasteiger partial charge in [0.1, 0.15) is 5.76 Å². The highest BCUT2D eigenvalue weighted by Gasteiger charge is 2.20. The summed E-state index contributed by atoms with van der Waals surface area (Å²) in [5, 5.41) is 15.8. The fourth-order valence-electron chi connectivity index (χ4n) is 2.05. The minimum atomic E-state index is -0.120. The van der Waals surface area contributed by atoms with Crippen LogP contribution in [0, 0.1) is 12.3 Å². The van der Waals surface area contributed by atoms with Gasteiger partial charge in [0.25, 0.3) is 0 Å². The number of carbonyl (C=O) groups is 1. The van der Waals surface area contributed by atoms with Crippen molar-refractivity contribution in [3.05, 3.63) is 28.3 Å². The highest BCUT2D eigenvalue weighted by Crippen LogP contribution is 2.24. The summed E-state index contributed by atoms with van der Waals surface area (Å²) >= 11 is 1.58. The van der Waals surface area contributed by atoms with Crippen LogP contribution in [0.3, 0.4) is 0 Å². The van der Waals surface area contributed by atoms with E-state index in [1.165, 1.54) is 0 Å². The second-order valence-corrected chi connectivity index (χ2v) is 6.91. The van der Waals surface area contributed by atoms with Crippen molar-refractivity contribution in [1.82, 2.24) is 10.3 Å². The maximum absolute atomic E-state index is 12.1. The molecule has 2 rings (SSSR count). The van der Waals surface area contributed by atoms with Crippen molar-refractivity contribution in [3.8, 4) is 11.5 Å². The quantitative estimate of drug-likeness (QED) is 0.822. The predicted octanol–water partition coefficient (Wildman–Crippen LogP) is 2.78. The Hall–Kier alpha value is -1.66. The van der Waals surface area contributed by atoms with Gasteiger partial charge in [-0.3, -0.25) is 4.79 Å². The summed E-state index contributed by atoms with van der Waals surface area (Å²) in [6.45, 7) is 6.50. The van der Waals surface area contributed by atoms with Crippen LogP contribution in [0.25, 0.3) is 11.5 Å². The molecule has 0 fully saturated rings. The number of thiophene rings is 1. The summed E-state index contributed by atoms with van der Waals surface area (Å²) in [5.74, 6) is 1.15. The van der Waals surface area contributed by atoms with E-state index >= 15 is 0 Å². The van der Waals surface area contributed by atoms with E-state index < -0.39 is 0 Å². The van der Waals surface area contributed by atoms with Crippen molar-refractivity contribution in [2.24, 2.45) is 5.41 Å². The van der Waals surface area contributed by atoms with Gasteiger partial charge >= 0.3 is 0 Å². The molecule has 0 aliphatic carbocycles. The Bertz CT molecular complexity index is 617. The molecule has 0 aromatic carbocycles. The van der Waals surface area contributed by atoms with Gasteiger partial charge in [-0.2, -0.15) is 11.3 Å². The molecule has 2 aromatic heterocycles. The Kier molecular flexibility index (Phi) is 5.37. The number of aryl methyl sites for hydroxylation is 1. The molecule has 0 unspecified atom stereocenters. The summed E-state index contributed by atoms with van der Waals surface area (Å²) in [6, 6.07) is 1.94. The minimum absolute atomic E-state index is 0.0840. The van der Waals surface area contributed by atoms with Gasteiger partial charge in [0.2, 0.25) is 11.8 Å². The Morgan fingerprint density at radius 1 is 1.50 bits per heavy atom. The van der Waals surface area contributed by atoms with E-state index in [2.05, 4.69) is 10.3 Å². The average Bonchev–Trinajstić information content (AvgIpc) is 3.07. The standard InChI is InChI=1S/C16H22N2O3S/c1-11-13(18-15(21-11)12-4-7-22-9-12)8-14(20)17-10-16(2,3)5-6-19/h4,7,9,19H,5-6,8,10H2,1-3H3,(H,17,20). The smallest absolute Gasteiger partial charge is 0.227 e. The molecule has 120 valence electrons. The number of carbonyl (C=O) groups excluding carboxylic acids is 1. The van der Waals surface area contributed by atoms with Crippen LogP contribution in [0.4, 0.5) is 0 Å². The first kappa shape index (κ1) is 16.7. The van der Waals surface area contributed by atoms with E-state index in [0.717, 1.165) is 5.56 Å². The molecule has 0 saturated heterocycles. The number of hydrogen-bond donors (Lipinski definition) is 2. The number of nitrogens with zero attached hydrogens (tertiary/aromatic N) is 1. The van der Waals surface area contributed by atoms with Crippen LogP contribution < -0.4 is 5.32 Å². The molecule has 0 radical (unpaired) electrons. The summed E-state index contributed by atoms with van der Waals surface area (Å²) in [6.07, 6.45) is 0.854. The normalized spacial score (nSPS) is 11.6. The monoisotopic (exact) mass is 322 g/mol. The Morgan fingerprint density at radius 3 is 2.91 bits per heavy atom. The van der Waals surface area contributed by atoms with Crippen molar-refractivity contribution in [1.29, 1.82) is 0 Å². The maximum Gasteiger partial charge on any atom is 0.227 e. The lowest BCUT2D eigenvalue weighted by Crippen LogP contribution is -2.35. The third kappa shape index (κ3) is 4.42. The first-order valence-corrected chi connectivity index (χ1v) is 8.22. The van der Waals surface area contributed by atoms with Gasteiger partial charge in [0.15, 0.2) is 0 Å². The Balaban J connectivity index is 1.95.